The maximum absolute atomic E-state index is 12.5. The monoisotopic (exact) mass is 1250 g/mol. The fourth-order valence-corrected chi connectivity index (χ4v) is 12.7. The van der Waals surface area contributed by atoms with Crippen molar-refractivity contribution >= 4 is 11.9 Å². The molecule has 3 N–H and O–H groups in total. The van der Waals surface area contributed by atoms with Gasteiger partial charge in [0.2, 0.25) is 5.91 Å². The van der Waals surface area contributed by atoms with Crippen LogP contribution in [0.2, 0.25) is 0 Å². The molecular weight excluding hydrogens is 1090 g/mol. The number of unbranched alkanes of at least 4 members (excludes halogenated alkanes) is 59. The highest BCUT2D eigenvalue weighted by Crippen LogP contribution is 2.19. The van der Waals surface area contributed by atoms with Crippen molar-refractivity contribution in [3.63, 3.8) is 0 Å². The lowest BCUT2D eigenvalue weighted by atomic mass is 10.0. The number of rotatable bonds is 76. The van der Waals surface area contributed by atoms with Crippen LogP contribution < -0.4 is 5.32 Å². The summed E-state index contributed by atoms with van der Waals surface area (Å²) in [5.74, 6) is -0.0493. The lowest BCUT2D eigenvalue weighted by Crippen LogP contribution is -2.45. The maximum Gasteiger partial charge on any atom is 0.305 e. The van der Waals surface area contributed by atoms with Crippen LogP contribution in [0.15, 0.2) is 48.6 Å². The molecule has 6 nitrogen and oxygen atoms in total. The van der Waals surface area contributed by atoms with Crippen LogP contribution in [0.5, 0.6) is 0 Å². The van der Waals surface area contributed by atoms with Gasteiger partial charge in [-0.3, -0.25) is 9.59 Å². The topological polar surface area (TPSA) is 95.9 Å². The van der Waals surface area contributed by atoms with Crippen LogP contribution in [0.25, 0.3) is 0 Å². The molecule has 2 unspecified atom stereocenters. The molecule has 0 aromatic rings. The molecule has 0 saturated heterocycles. The highest BCUT2D eigenvalue weighted by molar-refractivity contribution is 5.76. The van der Waals surface area contributed by atoms with Crippen LogP contribution in [0.1, 0.15) is 444 Å². The zero-order valence-electron chi connectivity index (χ0n) is 60.2. The quantitative estimate of drug-likeness (QED) is 0.0320. The number of aliphatic hydroxyl groups is 2. The van der Waals surface area contributed by atoms with Crippen LogP contribution >= 0.6 is 0 Å². The Bertz CT molecular complexity index is 1490. The number of aliphatic hydroxyl groups excluding tert-OH is 2. The third kappa shape index (κ3) is 74.7. The van der Waals surface area contributed by atoms with Gasteiger partial charge in [0, 0.05) is 12.8 Å². The normalized spacial score (nSPS) is 12.7. The average molecular weight is 1250 g/mol. The lowest BCUT2D eigenvalue weighted by molar-refractivity contribution is -0.143. The smallest absolute Gasteiger partial charge is 0.305 e. The van der Waals surface area contributed by atoms with Crippen molar-refractivity contribution in [2.24, 2.45) is 0 Å². The summed E-state index contributed by atoms with van der Waals surface area (Å²) in [7, 11) is 0. The van der Waals surface area contributed by atoms with E-state index in [-0.39, 0.29) is 18.5 Å². The van der Waals surface area contributed by atoms with Gasteiger partial charge in [-0.2, -0.15) is 0 Å². The van der Waals surface area contributed by atoms with Crippen molar-refractivity contribution in [3.05, 3.63) is 48.6 Å². The first-order valence-electron chi connectivity index (χ1n) is 40.4. The van der Waals surface area contributed by atoms with E-state index in [2.05, 4.69) is 55.6 Å². The Hall–Kier alpha value is -2.18. The van der Waals surface area contributed by atoms with E-state index in [1.54, 1.807) is 6.08 Å². The number of hydrogen-bond donors (Lipinski definition) is 3. The Morgan fingerprint density at radius 2 is 0.562 bits per heavy atom. The number of ether oxygens (including phenoxy) is 1. The first-order valence-corrected chi connectivity index (χ1v) is 40.4. The van der Waals surface area contributed by atoms with Gasteiger partial charge in [-0.25, -0.2) is 0 Å². The summed E-state index contributed by atoms with van der Waals surface area (Å²) < 4.78 is 5.50. The zero-order valence-corrected chi connectivity index (χ0v) is 60.2. The molecule has 89 heavy (non-hydrogen) atoms. The molecule has 0 aromatic heterocycles. The molecule has 0 rings (SSSR count). The number of esters is 1. The molecule has 0 aromatic carbocycles. The Balaban J connectivity index is 3.37. The fraction of sp³-hybridized carbons (Fsp3) is 0.880. The van der Waals surface area contributed by atoms with Crippen molar-refractivity contribution in [1.82, 2.24) is 5.32 Å². The van der Waals surface area contributed by atoms with E-state index in [4.69, 9.17) is 4.74 Å². The van der Waals surface area contributed by atoms with Gasteiger partial charge in [0.05, 0.1) is 25.4 Å². The summed E-state index contributed by atoms with van der Waals surface area (Å²) in [6, 6.07) is -0.627. The van der Waals surface area contributed by atoms with Gasteiger partial charge in [0.1, 0.15) is 0 Å². The van der Waals surface area contributed by atoms with Gasteiger partial charge in [-0.05, 0) is 89.9 Å². The number of nitrogens with one attached hydrogen (secondary N) is 1. The summed E-state index contributed by atoms with van der Waals surface area (Å²) in [6.45, 7) is 4.92. The molecule has 2 atom stereocenters. The van der Waals surface area contributed by atoms with E-state index in [0.29, 0.717) is 19.4 Å². The molecule has 0 aliphatic carbocycles. The van der Waals surface area contributed by atoms with E-state index < -0.39 is 12.1 Å². The van der Waals surface area contributed by atoms with Crippen molar-refractivity contribution in [3.8, 4) is 0 Å². The second kappa shape index (κ2) is 78.3. The maximum atomic E-state index is 12.5. The van der Waals surface area contributed by atoms with E-state index in [1.807, 2.05) is 6.08 Å². The lowest BCUT2D eigenvalue weighted by Gasteiger charge is -2.20. The molecule has 0 heterocycles. The van der Waals surface area contributed by atoms with Crippen LogP contribution in [0.4, 0.5) is 0 Å². The predicted molar refractivity (Wildman–Crippen MR) is 393 cm³/mol. The van der Waals surface area contributed by atoms with Crippen LogP contribution in [-0.2, 0) is 14.3 Å². The first-order chi connectivity index (χ1) is 44.0. The number of amides is 1. The minimum absolute atomic E-state index is 0.0112. The molecule has 0 radical (unpaired) electrons. The molecule has 524 valence electrons. The summed E-state index contributed by atoms with van der Waals surface area (Å²) in [4.78, 5) is 24.7. The van der Waals surface area contributed by atoms with Gasteiger partial charge < -0.3 is 20.3 Å². The number of carbonyl (C=O) groups is 2. The highest BCUT2D eigenvalue weighted by atomic mass is 16.5. The minimum atomic E-state index is -0.844. The second-order valence-electron chi connectivity index (χ2n) is 27.7. The standard InChI is InChI=1S/C83H157NO5/c1-3-5-7-9-11-13-15-17-19-21-22-23-37-40-44-47-51-55-59-63-67-71-75-81(86)80(79-85)84-82(87)76-72-68-64-60-56-52-48-45-41-38-35-33-31-29-27-25-24-26-28-30-32-34-36-39-42-46-50-54-58-62-66-70-74-78-89-83(88)77-73-69-65-61-57-53-49-43-20-18-16-14-12-10-8-6-4-2/h12,14,18,20,28,30,71,75,80-81,85-86H,3-11,13,15-17,19,21-27,29,31-70,72-74,76-79H2,1-2H3,(H,84,87)/b14-12-,20-18-,30-28-,75-71+. The molecule has 6 heteroatoms. The van der Waals surface area contributed by atoms with Crippen LogP contribution in [0.3, 0.4) is 0 Å². The summed E-state index contributed by atoms with van der Waals surface area (Å²) in [6.07, 6.45) is 104. The molecule has 0 spiro atoms. The Morgan fingerprint density at radius 3 is 0.888 bits per heavy atom. The number of allylic oxidation sites excluding steroid dienone is 7. The molecule has 0 saturated carbocycles. The van der Waals surface area contributed by atoms with Crippen molar-refractivity contribution < 1.29 is 24.5 Å². The fourth-order valence-electron chi connectivity index (χ4n) is 12.7. The van der Waals surface area contributed by atoms with Gasteiger partial charge in [-0.15, -0.1) is 0 Å². The molecule has 0 bridgehead atoms. The second-order valence-corrected chi connectivity index (χ2v) is 27.7. The number of carbonyl (C=O) groups excluding carboxylic acids is 2. The molecule has 1 amide bonds. The minimum Gasteiger partial charge on any atom is -0.466 e. The molecule has 0 aliphatic rings. The Labute approximate surface area is 556 Å². The van der Waals surface area contributed by atoms with Crippen LogP contribution in [0, 0.1) is 0 Å². The largest absolute Gasteiger partial charge is 0.466 e. The third-order valence-corrected chi connectivity index (χ3v) is 18.8. The van der Waals surface area contributed by atoms with E-state index in [0.717, 1.165) is 51.4 Å². The highest BCUT2D eigenvalue weighted by Gasteiger charge is 2.18. The summed E-state index contributed by atoms with van der Waals surface area (Å²) in [5, 5.41) is 23.3. The zero-order chi connectivity index (χ0) is 64.2. The Kier molecular flexibility index (Phi) is 76.3. The molecular formula is C83H157NO5. The SMILES string of the molecule is CCCCC/C=C\C/C=C\CCCCCCCCCC(=O)OCCCCCCCCCCCCCC/C=C\CCCCCCCCCCCCCCCCCCCC(=O)NC(CO)C(O)/C=C/CCCCCCCCCCCCCCCCCCCCCC. The van der Waals surface area contributed by atoms with Crippen LogP contribution in [-0.4, -0.2) is 47.4 Å². The van der Waals surface area contributed by atoms with E-state index in [9.17, 15) is 19.8 Å². The van der Waals surface area contributed by atoms with E-state index in [1.165, 1.54) is 366 Å². The predicted octanol–water partition coefficient (Wildman–Crippen LogP) is 26.8. The summed E-state index contributed by atoms with van der Waals surface area (Å²) >= 11 is 0. The number of hydrogen-bond acceptors (Lipinski definition) is 5. The van der Waals surface area contributed by atoms with E-state index >= 15 is 0 Å². The summed E-state index contributed by atoms with van der Waals surface area (Å²) in [5.41, 5.74) is 0. The van der Waals surface area contributed by atoms with Crippen molar-refractivity contribution in [2.45, 2.75) is 456 Å². The van der Waals surface area contributed by atoms with Crippen molar-refractivity contribution in [2.75, 3.05) is 13.2 Å². The van der Waals surface area contributed by atoms with Crippen molar-refractivity contribution in [1.29, 1.82) is 0 Å². The van der Waals surface area contributed by atoms with Gasteiger partial charge in [0.15, 0.2) is 0 Å². The Morgan fingerprint density at radius 1 is 0.315 bits per heavy atom. The van der Waals surface area contributed by atoms with Gasteiger partial charge in [-0.1, -0.05) is 390 Å². The average Bonchev–Trinajstić information content (AvgIpc) is 3.59. The third-order valence-electron chi connectivity index (χ3n) is 18.8. The molecule has 0 fully saturated rings. The molecule has 0 aliphatic heterocycles. The van der Waals surface area contributed by atoms with Gasteiger partial charge >= 0.3 is 5.97 Å². The van der Waals surface area contributed by atoms with Gasteiger partial charge in [0.25, 0.3) is 0 Å². The first kappa shape index (κ1) is 86.8.